The van der Waals surface area contributed by atoms with E-state index in [1.165, 1.54) is 173 Å². The van der Waals surface area contributed by atoms with E-state index in [4.69, 9.17) is 0 Å². The second-order valence-electron chi connectivity index (χ2n) is 14.1. The summed E-state index contributed by atoms with van der Waals surface area (Å²) in [4.78, 5) is 12.3. The molecule has 0 aliphatic heterocycles. The molecule has 0 aromatic heterocycles. The van der Waals surface area contributed by atoms with Crippen molar-refractivity contribution >= 4 is 5.91 Å². The molecule has 2 unspecified atom stereocenters. The van der Waals surface area contributed by atoms with Gasteiger partial charge in [0, 0.05) is 6.42 Å². The molecule has 0 aliphatic carbocycles. The number of carbonyl (C=O) groups excluding carboxylic acids is 1. The minimum atomic E-state index is -0.836. The van der Waals surface area contributed by atoms with Gasteiger partial charge in [0.25, 0.3) is 0 Å². The Balaban J connectivity index is 3.57. The first-order chi connectivity index (χ1) is 22.7. The average Bonchev–Trinajstić information content (AvgIpc) is 3.06. The van der Waals surface area contributed by atoms with E-state index in [2.05, 4.69) is 31.3 Å². The average molecular weight is 648 g/mol. The monoisotopic (exact) mass is 648 g/mol. The van der Waals surface area contributed by atoms with Crippen molar-refractivity contribution in [3.8, 4) is 0 Å². The van der Waals surface area contributed by atoms with Gasteiger partial charge < -0.3 is 15.5 Å². The number of carbonyl (C=O) groups is 1. The number of aliphatic hydroxyl groups excluding tert-OH is 2. The van der Waals surface area contributed by atoms with Gasteiger partial charge in [0.15, 0.2) is 0 Å². The third-order valence-corrected chi connectivity index (χ3v) is 9.43. The van der Waals surface area contributed by atoms with E-state index >= 15 is 0 Å². The molecule has 1 amide bonds. The molecular formula is C42H81NO3. The van der Waals surface area contributed by atoms with Crippen molar-refractivity contribution in [1.29, 1.82) is 0 Å². The molecular weight excluding hydrogens is 566 g/mol. The Morgan fingerprint density at radius 2 is 0.826 bits per heavy atom. The maximum absolute atomic E-state index is 12.3. The number of aliphatic hydroxyl groups is 2. The number of rotatable bonds is 37. The molecule has 0 aromatic carbocycles. The van der Waals surface area contributed by atoms with Gasteiger partial charge in [0.2, 0.25) is 5.91 Å². The summed E-state index contributed by atoms with van der Waals surface area (Å²) < 4.78 is 0. The highest BCUT2D eigenvalue weighted by molar-refractivity contribution is 5.76. The van der Waals surface area contributed by atoms with Crippen LogP contribution in [0.3, 0.4) is 0 Å². The fourth-order valence-electron chi connectivity index (χ4n) is 6.23. The Kier molecular flexibility index (Phi) is 37.4. The predicted molar refractivity (Wildman–Crippen MR) is 202 cm³/mol. The van der Waals surface area contributed by atoms with Crippen molar-refractivity contribution in [2.24, 2.45) is 0 Å². The highest BCUT2D eigenvalue weighted by atomic mass is 16.3. The van der Waals surface area contributed by atoms with Crippen LogP contribution in [0.2, 0.25) is 0 Å². The smallest absolute Gasteiger partial charge is 0.220 e. The summed E-state index contributed by atoms with van der Waals surface area (Å²) >= 11 is 0. The van der Waals surface area contributed by atoms with Gasteiger partial charge >= 0.3 is 0 Å². The highest BCUT2D eigenvalue weighted by Gasteiger charge is 2.17. The van der Waals surface area contributed by atoms with E-state index < -0.39 is 12.1 Å². The van der Waals surface area contributed by atoms with Crippen LogP contribution in [0, 0.1) is 0 Å². The zero-order valence-corrected chi connectivity index (χ0v) is 31.1. The van der Waals surface area contributed by atoms with Crippen LogP contribution < -0.4 is 5.32 Å². The third kappa shape index (κ3) is 34.2. The van der Waals surface area contributed by atoms with E-state index in [0.717, 1.165) is 25.7 Å². The Bertz CT molecular complexity index is 661. The second kappa shape index (κ2) is 38.3. The van der Waals surface area contributed by atoms with Crippen LogP contribution in [0.4, 0.5) is 0 Å². The number of hydrogen-bond acceptors (Lipinski definition) is 3. The summed E-state index contributed by atoms with van der Waals surface area (Å²) in [5.74, 6) is -0.0657. The summed E-state index contributed by atoms with van der Waals surface area (Å²) in [5, 5.41) is 23.0. The van der Waals surface area contributed by atoms with Gasteiger partial charge in [-0.3, -0.25) is 4.79 Å². The Hall–Kier alpha value is -1.13. The standard InChI is InChI=1S/C42H81NO3/c1-3-5-7-9-11-13-15-17-19-20-21-22-24-26-28-30-32-34-36-38-42(46)43-40(39-44)41(45)37-35-33-31-29-27-25-23-18-16-14-12-10-8-6-4-2/h17,19,35,37,40-41,44-45H,3-16,18,20-34,36,38-39H2,1-2H3,(H,43,46)/b19-17-,37-35+. The lowest BCUT2D eigenvalue weighted by Crippen LogP contribution is -2.45. The normalized spacial score (nSPS) is 13.2. The van der Waals surface area contributed by atoms with Gasteiger partial charge in [-0.25, -0.2) is 0 Å². The largest absolute Gasteiger partial charge is 0.394 e. The van der Waals surface area contributed by atoms with Gasteiger partial charge in [-0.05, 0) is 44.9 Å². The third-order valence-electron chi connectivity index (χ3n) is 9.43. The zero-order chi connectivity index (χ0) is 33.6. The van der Waals surface area contributed by atoms with Crippen molar-refractivity contribution in [1.82, 2.24) is 5.32 Å². The first-order valence-electron chi connectivity index (χ1n) is 20.6. The molecule has 0 aliphatic rings. The van der Waals surface area contributed by atoms with Crippen LogP contribution >= 0.6 is 0 Å². The van der Waals surface area contributed by atoms with Crippen LogP contribution in [-0.2, 0) is 4.79 Å². The second-order valence-corrected chi connectivity index (χ2v) is 14.1. The summed E-state index contributed by atoms with van der Waals surface area (Å²) in [7, 11) is 0. The van der Waals surface area contributed by atoms with E-state index in [-0.39, 0.29) is 12.5 Å². The Labute approximate surface area is 288 Å². The molecule has 0 radical (unpaired) electrons. The molecule has 0 spiro atoms. The lowest BCUT2D eigenvalue weighted by molar-refractivity contribution is -0.123. The molecule has 0 fully saturated rings. The van der Waals surface area contributed by atoms with Crippen molar-refractivity contribution in [3.05, 3.63) is 24.3 Å². The molecule has 46 heavy (non-hydrogen) atoms. The topological polar surface area (TPSA) is 69.6 Å². The number of allylic oxidation sites excluding steroid dienone is 3. The lowest BCUT2D eigenvalue weighted by Gasteiger charge is -2.20. The Morgan fingerprint density at radius 1 is 0.500 bits per heavy atom. The molecule has 0 heterocycles. The van der Waals surface area contributed by atoms with Gasteiger partial charge in [-0.1, -0.05) is 192 Å². The number of nitrogens with one attached hydrogen (secondary N) is 1. The first-order valence-corrected chi connectivity index (χ1v) is 20.6. The van der Waals surface area contributed by atoms with Crippen molar-refractivity contribution in [3.63, 3.8) is 0 Å². The zero-order valence-electron chi connectivity index (χ0n) is 31.1. The molecule has 4 nitrogen and oxygen atoms in total. The van der Waals surface area contributed by atoms with Crippen LogP contribution in [-0.4, -0.2) is 34.9 Å². The first kappa shape index (κ1) is 44.9. The fraction of sp³-hybridized carbons (Fsp3) is 0.881. The van der Waals surface area contributed by atoms with E-state index in [1.54, 1.807) is 6.08 Å². The van der Waals surface area contributed by atoms with Crippen molar-refractivity contribution < 1.29 is 15.0 Å². The molecule has 4 heteroatoms. The lowest BCUT2D eigenvalue weighted by atomic mass is 10.0. The van der Waals surface area contributed by atoms with Gasteiger partial charge in [-0.15, -0.1) is 0 Å². The quantitative estimate of drug-likeness (QED) is 0.0464. The van der Waals surface area contributed by atoms with Crippen molar-refractivity contribution in [2.75, 3.05) is 6.61 Å². The summed E-state index contributed by atoms with van der Waals surface area (Å²) in [6, 6.07) is -0.619. The highest BCUT2D eigenvalue weighted by Crippen LogP contribution is 2.14. The molecule has 3 N–H and O–H groups in total. The number of unbranched alkanes of at least 4 members (excludes halogenated alkanes) is 28. The predicted octanol–water partition coefficient (Wildman–Crippen LogP) is 12.5. The van der Waals surface area contributed by atoms with Crippen molar-refractivity contribution in [2.45, 2.75) is 231 Å². The number of amides is 1. The van der Waals surface area contributed by atoms with Gasteiger partial charge in [0.05, 0.1) is 18.8 Å². The van der Waals surface area contributed by atoms with Gasteiger partial charge in [-0.2, -0.15) is 0 Å². The molecule has 0 aromatic rings. The van der Waals surface area contributed by atoms with E-state index in [1.807, 2.05) is 6.08 Å². The number of hydrogen-bond donors (Lipinski definition) is 3. The Morgan fingerprint density at radius 3 is 1.20 bits per heavy atom. The van der Waals surface area contributed by atoms with Crippen LogP contribution in [0.15, 0.2) is 24.3 Å². The van der Waals surface area contributed by atoms with E-state index in [9.17, 15) is 15.0 Å². The molecule has 0 bridgehead atoms. The summed E-state index contributed by atoms with van der Waals surface area (Å²) in [5.41, 5.74) is 0. The van der Waals surface area contributed by atoms with E-state index in [0.29, 0.717) is 6.42 Å². The maximum Gasteiger partial charge on any atom is 0.220 e. The van der Waals surface area contributed by atoms with Crippen LogP contribution in [0.1, 0.15) is 219 Å². The van der Waals surface area contributed by atoms with Gasteiger partial charge in [0.1, 0.15) is 0 Å². The summed E-state index contributed by atoms with van der Waals surface area (Å²) in [6.45, 7) is 4.31. The molecule has 0 saturated heterocycles. The molecule has 0 rings (SSSR count). The minimum Gasteiger partial charge on any atom is -0.394 e. The summed E-state index contributed by atoms with van der Waals surface area (Å²) in [6.07, 6.45) is 48.4. The fourth-order valence-corrected chi connectivity index (χ4v) is 6.23. The molecule has 272 valence electrons. The molecule has 0 saturated carbocycles. The minimum absolute atomic E-state index is 0.0657. The molecule has 2 atom stereocenters. The maximum atomic E-state index is 12.3. The van der Waals surface area contributed by atoms with Crippen LogP contribution in [0.5, 0.6) is 0 Å². The SMILES string of the molecule is CCCCCCCC/C=C\CCCCCCCCCCCC(=O)NC(CO)C(O)/C=C/CCCCCCCCCCCCCCC. The van der Waals surface area contributed by atoms with Crippen LogP contribution in [0.25, 0.3) is 0 Å².